The zero-order chi connectivity index (χ0) is 24.1. The molecule has 0 atom stereocenters. The third kappa shape index (κ3) is 4.47. The largest absolute Gasteiger partial charge is 0.478 e. The van der Waals surface area contributed by atoms with Crippen molar-refractivity contribution in [3.63, 3.8) is 0 Å². The van der Waals surface area contributed by atoms with Gasteiger partial charge in [-0.05, 0) is 74.1 Å². The third-order valence-corrected chi connectivity index (χ3v) is 7.27. The lowest BCUT2D eigenvalue weighted by molar-refractivity contribution is 0.0693. The minimum Gasteiger partial charge on any atom is -0.478 e. The first kappa shape index (κ1) is 22.0. The summed E-state index contributed by atoms with van der Waals surface area (Å²) in [5.41, 5.74) is 2.67. The van der Waals surface area contributed by atoms with E-state index in [1.165, 1.54) is 6.20 Å². The summed E-state index contributed by atoms with van der Waals surface area (Å²) in [6.45, 7) is 1.42. The van der Waals surface area contributed by atoms with Crippen LogP contribution >= 0.6 is 0 Å². The lowest BCUT2D eigenvalue weighted by Crippen LogP contribution is -2.35. The van der Waals surface area contributed by atoms with Crippen LogP contribution < -0.4 is 0 Å². The second kappa shape index (κ2) is 8.63. The van der Waals surface area contributed by atoms with Gasteiger partial charge in [0.05, 0.1) is 23.1 Å². The number of hydrogen-bond acceptors (Lipinski definition) is 3. The number of carboxylic acids is 1. The van der Waals surface area contributed by atoms with Crippen LogP contribution in [0, 0.1) is 17.7 Å². The summed E-state index contributed by atoms with van der Waals surface area (Å²) >= 11 is 0. The van der Waals surface area contributed by atoms with E-state index in [1.807, 2.05) is 23.1 Å². The molecule has 180 valence electrons. The van der Waals surface area contributed by atoms with E-state index in [1.54, 1.807) is 28.9 Å². The van der Waals surface area contributed by atoms with E-state index in [-0.39, 0.29) is 23.0 Å². The number of benzene rings is 2. The van der Waals surface area contributed by atoms with E-state index in [0.717, 1.165) is 38.5 Å². The molecule has 3 aliphatic carbocycles. The highest BCUT2D eigenvalue weighted by Gasteiger charge is 2.34. The van der Waals surface area contributed by atoms with Gasteiger partial charge in [-0.3, -0.25) is 4.79 Å². The Morgan fingerprint density at radius 2 is 1.66 bits per heavy atom. The molecule has 6 rings (SSSR count). The Morgan fingerprint density at radius 1 is 0.971 bits per heavy atom. The molecule has 0 spiro atoms. The molecule has 35 heavy (non-hydrogen) atoms. The van der Waals surface area contributed by atoms with Crippen molar-refractivity contribution in [3.05, 3.63) is 71.3 Å². The second-order valence-corrected chi connectivity index (χ2v) is 10.2. The predicted molar refractivity (Wildman–Crippen MR) is 129 cm³/mol. The van der Waals surface area contributed by atoms with Crippen LogP contribution in [0.5, 0.6) is 0 Å². The van der Waals surface area contributed by atoms with Gasteiger partial charge in [-0.1, -0.05) is 24.3 Å². The number of carbonyl (C=O) groups excluding carboxylic acids is 1. The maximum atomic E-state index is 15.8. The van der Waals surface area contributed by atoms with Crippen molar-refractivity contribution < 1.29 is 19.1 Å². The highest BCUT2D eigenvalue weighted by Crippen LogP contribution is 2.43. The molecule has 0 bridgehead atoms. The lowest BCUT2D eigenvalue weighted by Gasteiger charge is -2.23. The number of carboxylic acid groups (broad SMARTS) is 1. The van der Waals surface area contributed by atoms with Crippen LogP contribution in [-0.2, 0) is 0 Å². The van der Waals surface area contributed by atoms with Gasteiger partial charge in [-0.2, -0.15) is 5.10 Å². The fourth-order valence-electron chi connectivity index (χ4n) is 4.84. The summed E-state index contributed by atoms with van der Waals surface area (Å²) in [6.07, 6.45) is 7.82. The number of rotatable bonds is 9. The Hall–Kier alpha value is -3.48. The maximum Gasteiger partial charge on any atom is 0.339 e. The fourth-order valence-corrected chi connectivity index (χ4v) is 4.84. The first-order chi connectivity index (χ1) is 17.0. The number of carbonyl (C=O) groups is 2. The Kier molecular flexibility index (Phi) is 5.43. The average molecular weight is 474 g/mol. The number of aromatic carboxylic acids is 1. The average Bonchev–Trinajstić information content (AvgIpc) is 3.71. The number of amides is 1. The van der Waals surface area contributed by atoms with E-state index in [2.05, 4.69) is 5.10 Å². The van der Waals surface area contributed by atoms with Gasteiger partial charge >= 0.3 is 5.97 Å². The minimum atomic E-state index is -0.992. The van der Waals surface area contributed by atoms with Crippen molar-refractivity contribution in [1.82, 2.24) is 14.7 Å². The molecule has 0 saturated heterocycles. The van der Waals surface area contributed by atoms with E-state index in [0.29, 0.717) is 47.4 Å². The Balaban J connectivity index is 1.33. The van der Waals surface area contributed by atoms with E-state index in [4.69, 9.17) is 0 Å². The molecule has 3 aliphatic rings. The van der Waals surface area contributed by atoms with Crippen LogP contribution in [0.3, 0.4) is 0 Å². The Morgan fingerprint density at radius 3 is 2.29 bits per heavy atom. The molecule has 2 aromatic carbocycles. The van der Waals surface area contributed by atoms with Gasteiger partial charge in [0.25, 0.3) is 5.91 Å². The molecule has 0 aliphatic heterocycles. The van der Waals surface area contributed by atoms with Gasteiger partial charge in [0, 0.05) is 24.6 Å². The summed E-state index contributed by atoms with van der Waals surface area (Å²) in [5, 5.41) is 13.9. The Bertz CT molecular complexity index is 1290. The zero-order valence-electron chi connectivity index (χ0n) is 19.5. The van der Waals surface area contributed by atoms with Crippen molar-refractivity contribution in [1.29, 1.82) is 0 Å². The first-order valence-electron chi connectivity index (χ1n) is 12.5. The SMILES string of the molecule is O=C(O)c1cnn(-c2cccc(-c3cccc(C(=O)N(CC4CC4)CC4CC4)c3F)c2)c1C1CC1. The summed E-state index contributed by atoms with van der Waals surface area (Å²) in [5.74, 6) is -0.465. The molecular formula is C28H28FN3O3. The van der Waals surface area contributed by atoms with Gasteiger partial charge in [0.1, 0.15) is 11.4 Å². The van der Waals surface area contributed by atoms with Crippen LogP contribution in [0.15, 0.2) is 48.7 Å². The molecule has 1 amide bonds. The molecule has 3 aromatic rings. The summed E-state index contributed by atoms with van der Waals surface area (Å²) in [7, 11) is 0. The molecular weight excluding hydrogens is 445 g/mol. The normalized spacial score (nSPS) is 17.4. The van der Waals surface area contributed by atoms with Crippen molar-refractivity contribution >= 4 is 11.9 Å². The molecule has 3 saturated carbocycles. The standard InChI is InChI=1S/C28H28FN3O3/c29-25-22(5-2-6-23(25)27(33)31(15-17-7-8-17)16-18-9-10-18)20-3-1-4-21(13-20)32-26(19-11-12-19)24(14-30-32)28(34)35/h1-6,13-14,17-19H,7-12,15-16H2,(H,34,35). The number of nitrogens with zero attached hydrogens (tertiary/aromatic N) is 3. The quantitative estimate of drug-likeness (QED) is 0.444. The highest BCUT2D eigenvalue weighted by molar-refractivity contribution is 5.96. The Labute approximate surface area is 203 Å². The molecule has 0 radical (unpaired) electrons. The zero-order valence-corrected chi connectivity index (χ0v) is 19.5. The van der Waals surface area contributed by atoms with Crippen LogP contribution in [0.2, 0.25) is 0 Å². The van der Waals surface area contributed by atoms with E-state index < -0.39 is 11.8 Å². The van der Waals surface area contributed by atoms with Gasteiger partial charge in [-0.25, -0.2) is 13.9 Å². The van der Waals surface area contributed by atoms with Gasteiger partial charge < -0.3 is 10.0 Å². The molecule has 1 heterocycles. The van der Waals surface area contributed by atoms with Gasteiger partial charge in [0.15, 0.2) is 0 Å². The molecule has 0 unspecified atom stereocenters. The van der Waals surface area contributed by atoms with Crippen molar-refractivity contribution in [3.8, 4) is 16.8 Å². The molecule has 1 N–H and O–H groups in total. The molecule has 1 aromatic heterocycles. The minimum absolute atomic E-state index is 0.111. The second-order valence-electron chi connectivity index (χ2n) is 10.2. The predicted octanol–water partition coefficient (Wildman–Crippen LogP) is 5.52. The monoisotopic (exact) mass is 473 g/mol. The van der Waals surface area contributed by atoms with E-state index in [9.17, 15) is 14.7 Å². The molecule has 6 nitrogen and oxygen atoms in total. The van der Waals surface area contributed by atoms with Crippen molar-refractivity contribution in [2.75, 3.05) is 13.1 Å². The number of halogens is 1. The smallest absolute Gasteiger partial charge is 0.339 e. The van der Waals surface area contributed by atoms with Crippen LogP contribution in [0.25, 0.3) is 16.8 Å². The third-order valence-electron chi connectivity index (χ3n) is 7.27. The maximum absolute atomic E-state index is 15.8. The molecule has 3 fully saturated rings. The van der Waals surface area contributed by atoms with Gasteiger partial charge in [0.2, 0.25) is 0 Å². The number of hydrogen-bond donors (Lipinski definition) is 1. The van der Waals surface area contributed by atoms with Crippen molar-refractivity contribution in [2.45, 2.75) is 44.4 Å². The van der Waals surface area contributed by atoms with Crippen LogP contribution in [-0.4, -0.2) is 44.8 Å². The highest BCUT2D eigenvalue weighted by atomic mass is 19.1. The number of aromatic nitrogens is 2. The van der Waals surface area contributed by atoms with E-state index >= 15 is 4.39 Å². The fraction of sp³-hybridized carbons (Fsp3) is 0.393. The topological polar surface area (TPSA) is 75.4 Å². The summed E-state index contributed by atoms with van der Waals surface area (Å²) < 4.78 is 17.4. The van der Waals surface area contributed by atoms with Crippen molar-refractivity contribution in [2.24, 2.45) is 11.8 Å². The van der Waals surface area contributed by atoms with Crippen LogP contribution in [0.1, 0.15) is 70.9 Å². The first-order valence-corrected chi connectivity index (χ1v) is 12.5. The lowest BCUT2D eigenvalue weighted by atomic mass is 10.0. The summed E-state index contributed by atoms with van der Waals surface area (Å²) in [4.78, 5) is 26.9. The van der Waals surface area contributed by atoms with Gasteiger partial charge in [-0.15, -0.1) is 0 Å². The van der Waals surface area contributed by atoms with Crippen LogP contribution in [0.4, 0.5) is 4.39 Å². The molecule has 7 heteroatoms. The summed E-state index contributed by atoms with van der Waals surface area (Å²) in [6, 6.07) is 12.3.